The van der Waals surface area contributed by atoms with Crippen molar-refractivity contribution in [3.8, 4) is 0 Å². The van der Waals surface area contributed by atoms with Gasteiger partial charge in [0.2, 0.25) is 0 Å². The number of benzene rings is 1. The van der Waals surface area contributed by atoms with E-state index in [4.69, 9.17) is 0 Å². The highest BCUT2D eigenvalue weighted by Crippen LogP contribution is 2.31. The van der Waals surface area contributed by atoms with Crippen LogP contribution in [0.1, 0.15) is 36.5 Å². The zero-order chi connectivity index (χ0) is 14.9. The van der Waals surface area contributed by atoms with Gasteiger partial charge in [-0.05, 0) is 60.3 Å². The lowest BCUT2D eigenvalue weighted by atomic mass is 9.88. The number of amides is 1. The second kappa shape index (κ2) is 5.52. The minimum atomic E-state index is -1.24. The lowest BCUT2D eigenvalue weighted by Gasteiger charge is -2.41. The van der Waals surface area contributed by atoms with Crippen LogP contribution in [0.3, 0.4) is 0 Å². The van der Waals surface area contributed by atoms with Crippen LogP contribution >= 0.6 is 15.9 Å². The van der Waals surface area contributed by atoms with Crippen molar-refractivity contribution in [1.29, 1.82) is 0 Å². The highest BCUT2D eigenvalue weighted by Gasteiger charge is 2.44. The molecule has 1 N–H and O–H groups in total. The van der Waals surface area contributed by atoms with Crippen LogP contribution in [0.2, 0.25) is 0 Å². The second-order valence-electron chi connectivity index (χ2n) is 5.12. The topological polar surface area (TPSA) is 57.6 Å². The molecule has 108 valence electrons. The Bertz CT molecular complexity index is 563. The maximum atomic E-state index is 13.3. The molecule has 1 aliphatic heterocycles. The van der Waals surface area contributed by atoms with E-state index in [1.807, 2.05) is 0 Å². The fourth-order valence-electron chi connectivity index (χ4n) is 2.48. The van der Waals surface area contributed by atoms with Crippen LogP contribution in [0.5, 0.6) is 0 Å². The van der Waals surface area contributed by atoms with Crippen LogP contribution < -0.4 is 0 Å². The maximum Gasteiger partial charge on any atom is 0.329 e. The Kier molecular flexibility index (Phi) is 4.13. The van der Waals surface area contributed by atoms with Crippen molar-refractivity contribution in [2.45, 2.75) is 31.7 Å². The number of hydrogen-bond acceptors (Lipinski definition) is 2. The SMILES string of the molecule is CC1(C(=O)O)CCCCN1C(=O)c1cc(F)ccc1Br. The molecule has 1 amide bonds. The number of halogens is 2. The lowest BCUT2D eigenvalue weighted by molar-refractivity contribution is -0.150. The molecule has 1 aromatic carbocycles. The average molecular weight is 344 g/mol. The molecule has 1 fully saturated rings. The van der Waals surface area contributed by atoms with Gasteiger partial charge in [0.15, 0.2) is 0 Å². The smallest absolute Gasteiger partial charge is 0.329 e. The Morgan fingerprint density at radius 1 is 1.40 bits per heavy atom. The number of carbonyl (C=O) groups is 2. The molecular weight excluding hydrogens is 329 g/mol. The minimum Gasteiger partial charge on any atom is -0.480 e. The van der Waals surface area contributed by atoms with E-state index in [1.54, 1.807) is 6.92 Å². The summed E-state index contributed by atoms with van der Waals surface area (Å²) >= 11 is 3.21. The standard InChI is InChI=1S/C14H15BrFNO3/c1-14(13(19)20)6-2-3-7-17(14)12(18)10-8-9(16)4-5-11(10)15/h4-5,8H,2-3,6-7H2,1H3,(H,19,20). The number of rotatable bonds is 2. The fourth-order valence-corrected chi connectivity index (χ4v) is 2.89. The molecule has 0 aliphatic carbocycles. The van der Waals surface area contributed by atoms with Crippen molar-refractivity contribution < 1.29 is 19.1 Å². The summed E-state index contributed by atoms with van der Waals surface area (Å²) in [6.45, 7) is 1.91. The summed E-state index contributed by atoms with van der Waals surface area (Å²) < 4.78 is 13.8. The van der Waals surface area contributed by atoms with Crippen molar-refractivity contribution >= 4 is 27.8 Å². The van der Waals surface area contributed by atoms with Gasteiger partial charge < -0.3 is 10.0 Å². The van der Waals surface area contributed by atoms with Gasteiger partial charge in [-0.1, -0.05) is 0 Å². The Labute approximate surface area is 124 Å². The van der Waals surface area contributed by atoms with Gasteiger partial charge in [-0.25, -0.2) is 9.18 Å². The number of nitrogens with zero attached hydrogens (tertiary/aromatic N) is 1. The van der Waals surface area contributed by atoms with E-state index in [0.29, 0.717) is 17.4 Å². The molecule has 0 aromatic heterocycles. The van der Waals surface area contributed by atoms with Gasteiger partial charge in [-0.15, -0.1) is 0 Å². The van der Waals surface area contributed by atoms with Crippen LogP contribution in [0.25, 0.3) is 0 Å². The zero-order valence-corrected chi connectivity index (χ0v) is 12.6. The van der Waals surface area contributed by atoms with Gasteiger partial charge in [0.25, 0.3) is 5.91 Å². The van der Waals surface area contributed by atoms with E-state index in [0.717, 1.165) is 18.9 Å². The normalized spacial score (nSPS) is 22.6. The molecule has 20 heavy (non-hydrogen) atoms. The molecule has 0 spiro atoms. The summed E-state index contributed by atoms with van der Waals surface area (Å²) in [5, 5.41) is 9.41. The number of carbonyl (C=O) groups excluding carboxylic acids is 1. The predicted octanol–water partition coefficient (Wildman–Crippen LogP) is 3.06. The summed E-state index contributed by atoms with van der Waals surface area (Å²) in [6, 6.07) is 3.82. The van der Waals surface area contributed by atoms with Crippen molar-refractivity contribution in [3.63, 3.8) is 0 Å². The Balaban J connectivity index is 2.40. The van der Waals surface area contributed by atoms with Gasteiger partial charge >= 0.3 is 5.97 Å². The van der Waals surface area contributed by atoms with Gasteiger partial charge in [0.1, 0.15) is 11.4 Å². The Hall–Kier alpha value is -1.43. The first-order valence-electron chi connectivity index (χ1n) is 6.36. The van der Waals surface area contributed by atoms with Crippen LogP contribution in [-0.2, 0) is 4.79 Å². The zero-order valence-electron chi connectivity index (χ0n) is 11.0. The number of carboxylic acids is 1. The number of carboxylic acid groups (broad SMARTS) is 1. The molecule has 1 saturated heterocycles. The first-order valence-corrected chi connectivity index (χ1v) is 7.16. The first kappa shape index (κ1) is 15.0. The molecule has 4 nitrogen and oxygen atoms in total. The second-order valence-corrected chi connectivity index (χ2v) is 5.97. The van der Waals surface area contributed by atoms with E-state index in [-0.39, 0.29) is 5.56 Å². The molecule has 2 rings (SSSR count). The number of aliphatic carboxylic acids is 1. The van der Waals surface area contributed by atoms with Crippen LogP contribution in [0.4, 0.5) is 4.39 Å². The van der Waals surface area contributed by atoms with Crippen LogP contribution in [0.15, 0.2) is 22.7 Å². The monoisotopic (exact) mass is 343 g/mol. The highest BCUT2D eigenvalue weighted by atomic mass is 79.9. The molecule has 1 atom stereocenters. The molecule has 0 saturated carbocycles. The van der Waals surface area contributed by atoms with E-state index in [2.05, 4.69) is 15.9 Å². The third-order valence-electron chi connectivity index (χ3n) is 3.76. The van der Waals surface area contributed by atoms with Crippen LogP contribution in [0, 0.1) is 5.82 Å². The lowest BCUT2D eigenvalue weighted by Crippen LogP contribution is -2.57. The summed E-state index contributed by atoms with van der Waals surface area (Å²) in [4.78, 5) is 25.4. The molecule has 1 aliphatic rings. The summed E-state index contributed by atoms with van der Waals surface area (Å²) in [5.41, 5.74) is -1.08. The average Bonchev–Trinajstić information content (AvgIpc) is 2.41. The van der Waals surface area contributed by atoms with Crippen LogP contribution in [-0.4, -0.2) is 34.0 Å². The van der Waals surface area contributed by atoms with E-state index < -0.39 is 23.2 Å². The summed E-state index contributed by atoms with van der Waals surface area (Å²) in [6.07, 6.45) is 1.92. The number of piperidine rings is 1. The molecule has 1 aromatic rings. The highest BCUT2D eigenvalue weighted by molar-refractivity contribution is 9.10. The van der Waals surface area contributed by atoms with E-state index in [1.165, 1.54) is 17.0 Å². The van der Waals surface area contributed by atoms with Crippen molar-refractivity contribution in [2.24, 2.45) is 0 Å². The van der Waals surface area contributed by atoms with Crippen molar-refractivity contribution in [1.82, 2.24) is 4.90 Å². The summed E-state index contributed by atoms with van der Waals surface area (Å²) in [7, 11) is 0. The third kappa shape index (κ3) is 2.57. The first-order chi connectivity index (χ1) is 9.36. The number of likely N-dealkylation sites (tertiary alicyclic amines) is 1. The predicted molar refractivity (Wildman–Crippen MR) is 75.0 cm³/mol. The molecule has 0 radical (unpaired) electrons. The molecular formula is C14H15BrFNO3. The third-order valence-corrected chi connectivity index (χ3v) is 4.45. The molecule has 0 bridgehead atoms. The minimum absolute atomic E-state index is 0.152. The molecule has 6 heteroatoms. The Morgan fingerprint density at radius 2 is 2.10 bits per heavy atom. The quantitative estimate of drug-likeness (QED) is 0.897. The molecule has 1 unspecified atom stereocenters. The van der Waals surface area contributed by atoms with Gasteiger partial charge in [-0.3, -0.25) is 4.79 Å². The van der Waals surface area contributed by atoms with Gasteiger partial charge in [0.05, 0.1) is 5.56 Å². The summed E-state index contributed by atoms with van der Waals surface area (Å²) in [5.74, 6) is -2.01. The largest absolute Gasteiger partial charge is 0.480 e. The van der Waals surface area contributed by atoms with Crippen molar-refractivity contribution in [2.75, 3.05) is 6.54 Å². The van der Waals surface area contributed by atoms with Crippen molar-refractivity contribution in [3.05, 3.63) is 34.1 Å². The molecule has 1 heterocycles. The maximum absolute atomic E-state index is 13.3. The Morgan fingerprint density at radius 3 is 2.75 bits per heavy atom. The fraction of sp³-hybridized carbons (Fsp3) is 0.429. The van der Waals surface area contributed by atoms with E-state index >= 15 is 0 Å². The van der Waals surface area contributed by atoms with Gasteiger partial charge in [-0.2, -0.15) is 0 Å². The number of hydrogen-bond donors (Lipinski definition) is 1. The van der Waals surface area contributed by atoms with Gasteiger partial charge in [0, 0.05) is 11.0 Å². The van der Waals surface area contributed by atoms with E-state index in [9.17, 15) is 19.1 Å².